The van der Waals surface area contributed by atoms with Gasteiger partial charge in [-0.1, -0.05) is 0 Å². The maximum Gasteiger partial charge on any atom is 0.352 e. The third-order valence-electron chi connectivity index (χ3n) is 4.37. The predicted octanol–water partition coefficient (Wildman–Crippen LogP) is -1.62. The number of carbonyl (C=O) groups is 5. The molecule has 0 spiro atoms. The number of carboxylic acids is 1. The molecule has 0 radical (unpaired) electrons. The number of anilines is 1. The fraction of sp³-hybridized carbons (Fsp3) is 0.438. The normalized spacial score (nSPS) is 21.1. The molecule has 1 aromatic rings. The van der Waals surface area contributed by atoms with Crippen molar-refractivity contribution in [2.75, 3.05) is 18.1 Å². The van der Waals surface area contributed by atoms with Crippen LogP contribution in [-0.4, -0.2) is 72.7 Å². The van der Waals surface area contributed by atoms with Crippen molar-refractivity contribution in [3.8, 4) is 0 Å². The summed E-state index contributed by atoms with van der Waals surface area (Å²) in [5.74, 6) is -3.75. The minimum atomic E-state index is -1.38. The molecule has 3 atom stereocenters. The molecule has 0 bridgehead atoms. The maximum absolute atomic E-state index is 12.6. The van der Waals surface area contributed by atoms with Crippen LogP contribution in [0.25, 0.3) is 0 Å². The van der Waals surface area contributed by atoms with Crippen molar-refractivity contribution in [3.05, 3.63) is 17.1 Å². The number of carboxylic acid groups (broad SMARTS) is 1. The second-order valence-corrected chi connectivity index (χ2v) is 8.55. The number of carbonyl (C=O) groups excluding carboxylic acids is 4. The Morgan fingerprint density at radius 1 is 1.39 bits per heavy atom. The van der Waals surface area contributed by atoms with Gasteiger partial charge >= 0.3 is 11.9 Å². The molecule has 0 saturated carbocycles. The van der Waals surface area contributed by atoms with Gasteiger partial charge in [-0.15, -0.1) is 11.8 Å². The number of nitrogens with one attached hydrogen (secondary N) is 1. The smallest absolute Gasteiger partial charge is 0.352 e. The average Bonchev–Trinajstić information content (AvgIpc) is 3.14. The predicted molar refractivity (Wildman–Crippen MR) is 107 cm³/mol. The number of ketones is 1. The van der Waals surface area contributed by atoms with Gasteiger partial charge < -0.3 is 26.6 Å². The lowest BCUT2D eigenvalue weighted by Gasteiger charge is -2.49. The number of nitrogens with zero attached hydrogens (tertiary/aromatic N) is 3. The number of rotatable bonds is 8. The molecule has 1 fully saturated rings. The van der Waals surface area contributed by atoms with E-state index in [1.54, 1.807) is 0 Å². The van der Waals surface area contributed by atoms with Crippen molar-refractivity contribution < 1.29 is 33.8 Å². The van der Waals surface area contributed by atoms with Crippen molar-refractivity contribution in [3.63, 3.8) is 0 Å². The third kappa shape index (κ3) is 4.67. The number of amides is 2. The van der Waals surface area contributed by atoms with Crippen LogP contribution in [0.15, 0.2) is 11.3 Å². The van der Waals surface area contributed by atoms with Crippen LogP contribution >= 0.6 is 23.3 Å². The summed E-state index contributed by atoms with van der Waals surface area (Å²) >= 11 is 2.07. The van der Waals surface area contributed by atoms with Crippen LogP contribution in [0, 0.1) is 0 Å². The highest BCUT2D eigenvalue weighted by Gasteiger charge is 2.54. The number of hydrogen-bond acceptors (Lipinski definition) is 12. The first-order chi connectivity index (χ1) is 14.6. The summed E-state index contributed by atoms with van der Waals surface area (Å²) < 4.78 is 8.81. The Kier molecular flexibility index (Phi) is 6.56. The van der Waals surface area contributed by atoms with Gasteiger partial charge in [0.05, 0.1) is 0 Å². The van der Waals surface area contributed by atoms with Crippen LogP contribution in [0.3, 0.4) is 0 Å². The lowest BCUT2D eigenvalue weighted by molar-refractivity contribution is -0.151. The van der Waals surface area contributed by atoms with Crippen LogP contribution < -0.4 is 16.8 Å². The van der Waals surface area contributed by atoms with Gasteiger partial charge in [0.1, 0.15) is 42.0 Å². The molecular formula is C16H18N6O7S2. The van der Waals surface area contributed by atoms with Crippen LogP contribution in [0.4, 0.5) is 5.13 Å². The number of ether oxygens (including phenoxy) is 1. The molecule has 2 amide bonds. The number of nitrogen functional groups attached to an aromatic ring is 1. The molecule has 1 saturated heterocycles. The van der Waals surface area contributed by atoms with E-state index in [-0.39, 0.29) is 40.4 Å². The Labute approximate surface area is 183 Å². The highest BCUT2D eigenvalue weighted by atomic mass is 32.2. The van der Waals surface area contributed by atoms with Gasteiger partial charge in [-0.05, 0) is 6.92 Å². The lowest BCUT2D eigenvalue weighted by atomic mass is 10.0. The molecular weight excluding hydrogens is 452 g/mol. The molecule has 0 aromatic carbocycles. The molecule has 1 unspecified atom stereocenters. The number of fused-ring (bicyclic) bond motifs is 1. The molecule has 2 aliphatic rings. The number of aromatic nitrogens is 2. The fourth-order valence-electron chi connectivity index (χ4n) is 2.95. The molecule has 3 rings (SSSR count). The standard InChI is InChI=1S/C16H18N6O7S2/c1-5(23)2-7(24)29-3-6-4-30-14-9(13(26)22(14)10(6)15(27)28)19-12(25)8(17)11-20-16(18)31-21-11/h8-9,14H,2-4,17H2,1H3,(H,19,25)(H,27,28)(H2,18,20,21)/t8?,9-,14+/m1/s1. The summed E-state index contributed by atoms with van der Waals surface area (Å²) in [5.41, 5.74) is 11.2. The first-order valence-electron chi connectivity index (χ1n) is 8.80. The summed E-state index contributed by atoms with van der Waals surface area (Å²) in [6.45, 7) is 0.860. The molecule has 3 heterocycles. The second kappa shape index (κ2) is 8.99. The summed E-state index contributed by atoms with van der Waals surface area (Å²) in [6, 6.07) is -2.23. The van der Waals surface area contributed by atoms with Crippen LogP contribution in [0.1, 0.15) is 25.2 Å². The Morgan fingerprint density at radius 3 is 2.68 bits per heavy atom. The number of nitrogens with two attached hydrogens (primary N) is 2. The van der Waals surface area contributed by atoms with Gasteiger partial charge in [0.25, 0.3) is 5.91 Å². The zero-order valence-corrected chi connectivity index (χ0v) is 17.7. The Bertz CT molecular complexity index is 993. The molecule has 6 N–H and O–H groups in total. The van der Waals surface area contributed by atoms with Crippen molar-refractivity contribution >= 4 is 58.0 Å². The quantitative estimate of drug-likeness (QED) is 0.192. The van der Waals surface area contributed by atoms with E-state index in [0.717, 1.165) is 16.4 Å². The number of esters is 1. The summed E-state index contributed by atoms with van der Waals surface area (Å²) in [6.07, 6.45) is -0.429. The van der Waals surface area contributed by atoms with E-state index < -0.39 is 47.6 Å². The van der Waals surface area contributed by atoms with Crippen molar-refractivity contribution in [2.45, 2.75) is 30.8 Å². The van der Waals surface area contributed by atoms with Crippen molar-refractivity contribution in [2.24, 2.45) is 5.73 Å². The zero-order valence-electron chi connectivity index (χ0n) is 16.1. The van der Waals surface area contributed by atoms with Gasteiger partial charge in [-0.3, -0.25) is 24.1 Å². The monoisotopic (exact) mass is 470 g/mol. The SMILES string of the molecule is CC(=O)CC(=O)OCC1=C(C(=O)O)N2C(=O)[C@@H](NC(=O)C(N)c3nsc(N)n3)[C@@H]2SC1. The largest absolute Gasteiger partial charge is 0.477 e. The molecule has 13 nitrogen and oxygen atoms in total. The van der Waals surface area contributed by atoms with E-state index in [1.165, 1.54) is 18.7 Å². The lowest BCUT2D eigenvalue weighted by Crippen LogP contribution is -2.71. The van der Waals surface area contributed by atoms with Crippen molar-refractivity contribution in [1.82, 2.24) is 19.6 Å². The second-order valence-electron chi connectivity index (χ2n) is 6.66. The van der Waals surface area contributed by atoms with Gasteiger partial charge in [0, 0.05) is 22.9 Å². The summed E-state index contributed by atoms with van der Waals surface area (Å²) in [7, 11) is 0. The van der Waals surface area contributed by atoms with Crippen molar-refractivity contribution in [1.29, 1.82) is 0 Å². The van der Waals surface area contributed by atoms with Gasteiger partial charge in [0.15, 0.2) is 11.0 Å². The highest BCUT2D eigenvalue weighted by molar-refractivity contribution is 8.00. The highest BCUT2D eigenvalue weighted by Crippen LogP contribution is 2.40. The minimum Gasteiger partial charge on any atom is -0.477 e. The van der Waals surface area contributed by atoms with Gasteiger partial charge in [-0.25, -0.2) is 9.78 Å². The third-order valence-corrected chi connectivity index (χ3v) is 6.26. The Balaban J connectivity index is 1.68. The number of Topliss-reactive ketones (excluding diaryl/α,β-unsaturated/α-hetero) is 1. The number of hydrogen-bond donors (Lipinski definition) is 4. The minimum absolute atomic E-state index is 0.0145. The van der Waals surface area contributed by atoms with Gasteiger partial charge in [-0.2, -0.15) is 4.37 Å². The molecule has 15 heteroatoms. The van der Waals surface area contributed by atoms with Crippen LogP contribution in [-0.2, 0) is 28.7 Å². The maximum atomic E-state index is 12.6. The number of thioether (sulfide) groups is 1. The topological polar surface area (TPSA) is 208 Å². The van der Waals surface area contributed by atoms with Crippen LogP contribution in [0.2, 0.25) is 0 Å². The summed E-state index contributed by atoms with van der Waals surface area (Å²) in [5, 5.41) is 11.5. The first kappa shape index (κ1) is 22.6. The number of aliphatic carboxylic acids is 1. The van der Waals surface area contributed by atoms with E-state index in [9.17, 15) is 29.1 Å². The van der Waals surface area contributed by atoms with E-state index in [4.69, 9.17) is 16.2 Å². The molecule has 166 valence electrons. The average molecular weight is 470 g/mol. The molecule has 2 aliphatic heterocycles. The molecule has 1 aromatic heterocycles. The van der Waals surface area contributed by atoms with Crippen LogP contribution in [0.5, 0.6) is 0 Å². The molecule has 31 heavy (non-hydrogen) atoms. The Morgan fingerprint density at radius 2 is 2.10 bits per heavy atom. The zero-order chi connectivity index (χ0) is 22.9. The van der Waals surface area contributed by atoms with Gasteiger partial charge in [0.2, 0.25) is 5.91 Å². The summed E-state index contributed by atoms with van der Waals surface area (Å²) in [4.78, 5) is 64.1. The van der Waals surface area contributed by atoms with E-state index >= 15 is 0 Å². The van der Waals surface area contributed by atoms with E-state index in [1.807, 2.05) is 0 Å². The first-order valence-corrected chi connectivity index (χ1v) is 10.6. The Hall–Kier alpha value is -3.04. The van der Waals surface area contributed by atoms with E-state index in [0.29, 0.717) is 0 Å². The molecule has 0 aliphatic carbocycles. The van der Waals surface area contributed by atoms with E-state index in [2.05, 4.69) is 14.7 Å². The fourth-order valence-corrected chi connectivity index (χ4v) is 4.75. The number of β-lactam (4-membered cyclic amide) rings is 1.